The van der Waals surface area contributed by atoms with Crippen LogP contribution >= 0.6 is 0 Å². The third-order valence-corrected chi connectivity index (χ3v) is 11.1. The minimum absolute atomic E-state index is 0.590. The monoisotopic (exact) mass is 687 g/mol. The van der Waals surface area contributed by atoms with Crippen LogP contribution in [0.2, 0.25) is 0 Å². The Labute approximate surface area is 317 Å². The fourth-order valence-electron chi connectivity index (χ4n) is 8.77. The molecule has 1 heteroatoms. The highest BCUT2D eigenvalue weighted by Crippen LogP contribution is 2.62. The number of hydrogen-bond donors (Lipinski definition) is 0. The Hall–Kier alpha value is -6.96. The van der Waals surface area contributed by atoms with Crippen LogP contribution in [-0.2, 0) is 5.41 Å². The predicted octanol–water partition coefficient (Wildman–Crippen LogP) is 14.0. The summed E-state index contributed by atoms with van der Waals surface area (Å²) in [6.07, 6.45) is 0. The molecule has 0 unspecified atom stereocenters. The van der Waals surface area contributed by atoms with Gasteiger partial charge in [0.05, 0.1) is 11.1 Å². The van der Waals surface area contributed by atoms with Crippen LogP contribution in [0.5, 0.6) is 0 Å². The van der Waals surface area contributed by atoms with Crippen molar-refractivity contribution < 1.29 is 0 Å². The molecule has 0 fully saturated rings. The standard InChI is InChI=1S/C53H37N/c1-6-18-38(19-7-1)40-30-33-46(34-31-40)54(45-27-14-5-15-28-45)50-37-42-22-16-17-29-47(42)52-51(50)48-35-32-41(39-20-8-2-9-21-39)36-49(48)53(52,43-23-10-3-11-24-43)44-25-12-4-13-26-44/h1-37H. The maximum atomic E-state index is 2.46. The van der Waals surface area contributed by atoms with Crippen LogP contribution in [0.3, 0.4) is 0 Å². The molecule has 0 atom stereocenters. The van der Waals surface area contributed by atoms with Crippen molar-refractivity contribution in [2.75, 3.05) is 4.90 Å². The van der Waals surface area contributed by atoms with Gasteiger partial charge in [0, 0.05) is 16.9 Å². The van der Waals surface area contributed by atoms with Crippen LogP contribution in [0, 0.1) is 0 Å². The molecule has 0 heterocycles. The van der Waals surface area contributed by atoms with E-state index in [1.165, 1.54) is 66.4 Å². The molecule has 0 N–H and O–H groups in total. The number of nitrogens with zero attached hydrogens (tertiary/aromatic N) is 1. The van der Waals surface area contributed by atoms with Gasteiger partial charge in [0.2, 0.25) is 0 Å². The molecule has 0 aromatic heterocycles. The van der Waals surface area contributed by atoms with E-state index in [2.05, 4.69) is 229 Å². The third kappa shape index (κ3) is 5.09. The molecule has 1 aliphatic carbocycles. The smallest absolute Gasteiger partial charge is 0.0720 e. The molecule has 0 spiro atoms. The van der Waals surface area contributed by atoms with Gasteiger partial charge in [-0.25, -0.2) is 0 Å². The summed E-state index contributed by atoms with van der Waals surface area (Å²) in [6.45, 7) is 0. The first-order chi connectivity index (χ1) is 26.8. The molecule has 54 heavy (non-hydrogen) atoms. The van der Waals surface area contributed by atoms with Gasteiger partial charge in [-0.3, -0.25) is 0 Å². The van der Waals surface area contributed by atoms with Gasteiger partial charge in [-0.2, -0.15) is 0 Å². The van der Waals surface area contributed by atoms with Crippen LogP contribution in [0.15, 0.2) is 224 Å². The number of benzene rings is 9. The summed E-state index contributed by atoms with van der Waals surface area (Å²) in [6, 6.07) is 82.1. The van der Waals surface area contributed by atoms with Gasteiger partial charge in [0.1, 0.15) is 0 Å². The molecule has 0 amide bonds. The second-order valence-corrected chi connectivity index (χ2v) is 14.1. The van der Waals surface area contributed by atoms with Crippen LogP contribution < -0.4 is 4.90 Å². The fraction of sp³-hybridized carbons (Fsp3) is 0.0189. The van der Waals surface area contributed by atoms with E-state index < -0.39 is 5.41 Å². The summed E-state index contributed by atoms with van der Waals surface area (Å²) in [4.78, 5) is 2.46. The molecule has 0 aliphatic heterocycles. The molecule has 0 saturated heterocycles. The zero-order valence-electron chi connectivity index (χ0n) is 29.8. The third-order valence-electron chi connectivity index (χ3n) is 11.1. The first kappa shape index (κ1) is 31.7. The Kier molecular flexibility index (Phi) is 7.78. The quantitative estimate of drug-likeness (QED) is 0.161. The largest absolute Gasteiger partial charge is 0.310 e. The maximum absolute atomic E-state index is 2.46. The predicted molar refractivity (Wildman–Crippen MR) is 227 cm³/mol. The second kappa shape index (κ2) is 13.2. The van der Waals surface area contributed by atoms with E-state index in [4.69, 9.17) is 0 Å². The molecule has 0 saturated carbocycles. The highest BCUT2D eigenvalue weighted by atomic mass is 15.1. The molecule has 254 valence electrons. The number of rotatable bonds is 7. The first-order valence-corrected chi connectivity index (χ1v) is 18.7. The van der Waals surface area contributed by atoms with Gasteiger partial charge in [-0.15, -0.1) is 0 Å². The summed E-state index contributed by atoms with van der Waals surface area (Å²) < 4.78 is 0. The Bertz CT molecular complexity index is 2680. The summed E-state index contributed by atoms with van der Waals surface area (Å²) in [7, 11) is 0. The van der Waals surface area contributed by atoms with E-state index in [0.717, 1.165) is 17.1 Å². The van der Waals surface area contributed by atoms with Crippen molar-refractivity contribution in [3.8, 4) is 33.4 Å². The molecule has 9 aromatic rings. The van der Waals surface area contributed by atoms with Gasteiger partial charge in [-0.1, -0.05) is 188 Å². The zero-order valence-corrected chi connectivity index (χ0v) is 29.8. The number of anilines is 3. The molecule has 10 rings (SSSR count). The van der Waals surface area contributed by atoms with E-state index in [9.17, 15) is 0 Å². The lowest BCUT2D eigenvalue weighted by atomic mass is 9.66. The SMILES string of the molecule is c1ccc(-c2ccc(N(c3ccccc3)c3cc4ccccc4c4c3-c3ccc(-c5ccccc5)cc3C4(c3ccccc3)c3ccccc3)cc2)cc1. The highest BCUT2D eigenvalue weighted by Gasteiger charge is 2.49. The second-order valence-electron chi connectivity index (χ2n) is 14.1. The van der Waals surface area contributed by atoms with Gasteiger partial charge >= 0.3 is 0 Å². The number of hydrogen-bond acceptors (Lipinski definition) is 1. The lowest BCUT2D eigenvalue weighted by Crippen LogP contribution is -2.29. The van der Waals surface area contributed by atoms with Crippen molar-refractivity contribution >= 4 is 27.8 Å². The van der Waals surface area contributed by atoms with Crippen molar-refractivity contribution in [2.24, 2.45) is 0 Å². The van der Waals surface area contributed by atoms with Crippen molar-refractivity contribution in [3.63, 3.8) is 0 Å². The van der Waals surface area contributed by atoms with Crippen LogP contribution in [-0.4, -0.2) is 0 Å². The summed E-state index contributed by atoms with van der Waals surface area (Å²) in [5.41, 5.74) is 15.2. The summed E-state index contributed by atoms with van der Waals surface area (Å²) in [5.74, 6) is 0. The van der Waals surface area contributed by atoms with Gasteiger partial charge in [0.25, 0.3) is 0 Å². The Morgan fingerprint density at radius 2 is 0.815 bits per heavy atom. The van der Waals surface area contributed by atoms with Crippen molar-refractivity contribution in [2.45, 2.75) is 5.41 Å². The van der Waals surface area contributed by atoms with Crippen LogP contribution in [0.25, 0.3) is 44.2 Å². The van der Waals surface area contributed by atoms with E-state index in [1.54, 1.807) is 0 Å². The normalized spacial score (nSPS) is 12.6. The molecular weight excluding hydrogens is 651 g/mol. The zero-order chi connectivity index (χ0) is 35.9. The topological polar surface area (TPSA) is 3.24 Å². The van der Waals surface area contributed by atoms with E-state index in [0.29, 0.717) is 0 Å². The number of fused-ring (bicyclic) bond motifs is 5. The maximum Gasteiger partial charge on any atom is 0.0720 e. The molecular formula is C53H37N. The highest BCUT2D eigenvalue weighted by molar-refractivity contribution is 6.08. The van der Waals surface area contributed by atoms with Crippen LogP contribution in [0.4, 0.5) is 17.1 Å². The fourth-order valence-corrected chi connectivity index (χ4v) is 8.77. The lowest BCUT2D eigenvalue weighted by Gasteiger charge is -2.35. The van der Waals surface area contributed by atoms with Crippen molar-refractivity contribution in [1.29, 1.82) is 0 Å². The Balaban J connectivity index is 1.34. The van der Waals surface area contributed by atoms with Gasteiger partial charge in [-0.05, 0) is 97.2 Å². The Morgan fingerprint density at radius 3 is 1.43 bits per heavy atom. The van der Waals surface area contributed by atoms with E-state index in [-0.39, 0.29) is 0 Å². The number of para-hydroxylation sites is 1. The van der Waals surface area contributed by atoms with E-state index in [1.807, 2.05) is 0 Å². The molecule has 1 nitrogen and oxygen atoms in total. The van der Waals surface area contributed by atoms with Crippen molar-refractivity contribution in [3.05, 3.63) is 247 Å². The van der Waals surface area contributed by atoms with Crippen molar-refractivity contribution in [1.82, 2.24) is 0 Å². The minimum Gasteiger partial charge on any atom is -0.310 e. The average molecular weight is 688 g/mol. The molecule has 1 aliphatic rings. The van der Waals surface area contributed by atoms with Gasteiger partial charge < -0.3 is 4.90 Å². The molecule has 9 aromatic carbocycles. The molecule has 0 bridgehead atoms. The summed E-state index contributed by atoms with van der Waals surface area (Å²) >= 11 is 0. The van der Waals surface area contributed by atoms with E-state index >= 15 is 0 Å². The van der Waals surface area contributed by atoms with Crippen LogP contribution in [0.1, 0.15) is 22.3 Å². The first-order valence-electron chi connectivity index (χ1n) is 18.7. The Morgan fingerprint density at radius 1 is 0.352 bits per heavy atom. The average Bonchev–Trinajstić information content (AvgIpc) is 3.57. The molecule has 0 radical (unpaired) electrons. The lowest BCUT2D eigenvalue weighted by molar-refractivity contribution is 0.775. The summed E-state index contributed by atoms with van der Waals surface area (Å²) in [5, 5.41) is 2.47. The minimum atomic E-state index is -0.590. The van der Waals surface area contributed by atoms with Gasteiger partial charge in [0.15, 0.2) is 0 Å².